The number of anilines is 1. The minimum Gasteiger partial charge on any atom is -0.465 e. The molecule has 2 bridgehead atoms. The number of amides is 2. The zero-order valence-corrected chi connectivity index (χ0v) is 17.7. The number of carbonyl (C=O) groups is 2. The van der Waals surface area contributed by atoms with Gasteiger partial charge in [-0.15, -0.1) is 0 Å². The molecule has 6 nitrogen and oxygen atoms in total. The predicted octanol–water partition coefficient (Wildman–Crippen LogP) is 3.90. The summed E-state index contributed by atoms with van der Waals surface area (Å²) in [5.41, 5.74) is 2.68. The number of benzene rings is 1. The maximum absolute atomic E-state index is 13.2. The highest BCUT2D eigenvalue weighted by molar-refractivity contribution is 5.92. The molecule has 160 valence electrons. The van der Waals surface area contributed by atoms with E-state index in [-0.39, 0.29) is 18.0 Å². The molecule has 4 aliphatic rings. The van der Waals surface area contributed by atoms with Crippen LogP contribution >= 0.6 is 0 Å². The molecule has 1 N–H and O–H groups in total. The van der Waals surface area contributed by atoms with Crippen LogP contribution in [0, 0.1) is 11.8 Å². The van der Waals surface area contributed by atoms with Crippen LogP contribution in [0.2, 0.25) is 0 Å². The van der Waals surface area contributed by atoms with E-state index in [0.717, 1.165) is 32.0 Å². The van der Waals surface area contributed by atoms with Gasteiger partial charge in [-0.2, -0.15) is 0 Å². The molecule has 3 fully saturated rings. The van der Waals surface area contributed by atoms with Gasteiger partial charge >= 0.3 is 12.0 Å². The first kappa shape index (κ1) is 19.6. The van der Waals surface area contributed by atoms with Crippen LogP contribution in [0.3, 0.4) is 0 Å². The number of ether oxygens (including phenoxy) is 1. The Morgan fingerprint density at radius 1 is 1.10 bits per heavy atom. The van der Waals surface area contributed by atoms with Gasteiger partial charge in [0, 0.05) is 24.8 Å². The number of hydrogen-bond acceptors (Lipinski definition) is 4. The molecule has 2 amide bonds. The second kappa shape index (κ2) is 8.06. The highest BCUT2D eigenvalue weighted by Gasteiger charge is 2.46. The Morgan fingerprint density at radius 3 is 2.73 bits per heavy atom. The number of esters is 1. The lowest BCUT2D eigenvalue weighted by atomic mass is 9.68. The van der Waals surface area contributed by atoms with Crippen LogP contribution in [0.15, 0.2) is 35.9 Å². The Balaban J connectivity index is 1.33. The Kier molecular flexibility index (Phi) is 5.27. The van der Waals surface area contributed by atoms with Gasteiger partial charge in [0.05, 0.1) is 18.7 Å². The Morgan fingerprint density at radius 2 is 1.93 bits per heavy atom. The van der Waals surface area contributed by atoms with Crippen LogP contribution in [0.5, 0.6) is 0 Å². The van der Waals surface area contributed by atoms with Crippen LogP contribution in [-0.4, -0.2) is 60.6 Å². The monoisotopic (exact) mass is 409 g/mol. The molecule has 1 aromatic carbocycles. The fourth-order valence-corrected chi connectivity index (χ4v) is 6.20. The summed E-state index contributed by atoms with van der Waals surface area (Å²) >= 11 is 0. The van der Waals surface area contributed by atoms with E-state index in [0.29, 0.717) is 23.1 Å². The number of methoxy groups -OCH3 is 1. The number of likely N-dealkylation sites (tertiary alicyclic amines) is 1. The van der Waals surface area contributed by atoms with E-state index in [4.69, 9.17) is 4.74 Å². The van der Waals surface area contributed by atoms with Crippen LogP contribution in [0.4, 0.5) is 10.5 Å². The normalized spacial score (nSPS) is 30.6. The molecular formula is C24H31N3O3. The Hall–Kier alpha value is -2.34. The Labute approximate surface area is 178 Å². The molecule has 1 aliphatic carbocycles. The maximum Gasteiger partial charge on any atom is 0.337 e. The van der Waals surface area contributed by atoms with Gasteiger partial charge in [0.1, 0.15) is 0 Å². The van der Waals surface area contributed by atoms with E-state index >= 15 is 0 Å². The fourth-order valence-electron chi connectivity index (χ4n) is 6.20. The van der Waals surface area contributed by atoms with Crippen molar-refractivity contribution >= 4 is 17.7 Å². The molecule has 6 heteroatoms. The minimum atomic E-state index is -0.372. The number of carbonyl (C=O) groups excluding carboxylic acids is 2. The number of rotatable bonds is 2. The Bertz CT molecular complexity index is 850. The first-order valence-electron chi connectivity index (χ1n) is 11.3. The highest BCUT2D eigenvalue weighted by atomic mass is 16.5. The average Bonchev–Trinajstić information content (AvgIpc) is 2.78. The van der Waals surface area contributed by atoms with Gasteiger partial charge in [-0.25, -0.2) is 9.59 Å². The smallest absolute Gasteiger partial charge is 0.337 e. The zero-order chi connectivity index (χ0) is 20.7. The average molecular weight is 410 g/mol. The molecule has 0 spiro atoms. The molecule has 3 aliphatic heterocycles. The summed E-state index contributed by atoms with van der Waals surface area (Å²) in [6, 6.07) is 7.82. The van der Waals surface area contributed by atoms with E-state index in [9.17, 15) is 9.59 Å². The quantitative estimate of drug-likeness (QED) is 0.594. The van der Waals surface area contributed by atoms with Gasteiger partial charge in [-0.1, -0.05) is 18.1 Å². The van der Waals surface area contributed by atoms with Crippen LogP contribution in [0.25, 0.3) is 0 Å². The number of urea groups is 1. The number of hydrogen-bond donors (Lipinski definition) is 1. The summed E-state index contributed by atoms with van der Waals surface area (Å²) in [6.45, 7) is 3.14. The van der Waals surface area contributed by atoms with E-state index in [2.05, 4.69) is 21.2 Å². The van der Waals surface area contributed by atoms with Crippen molar-refractivity contribution in [2.45, 2.75) is 50.6 Å². The molecular weight excluding hydrogens is 378 g/mol. The van der Waals surface area contributed by atoms with Crippen molar-refractivity contribution in [1.29, 1.82) is 0 Å². The lowest BCUT2D eigenvalue weighted by Crippen LogP contribution is -2.60. The summed E-state index contributed by atoms with van der Waals surface area (Å²) in [5, 5.41) is 3.05. The first-order valence-corrected chi connectivity index (χ1v) is 11.3. The van der Waals surface area contributed by atoms with E-state index < -0.39 is 0 Å². The lowest BCUT2D eigenvalue weighted by Gasteiger charge is -2.54. The molecule has 0 saturated carbocycles. The van der Waals surface area contributed by atoms with Crippen molar-refractivity contribution in [3.05, 3.63) is 41.5 Å². The topological polar surface area (TPSA) is 61.9 Å². The number of piperidine rings is 3. The van der Waals surface area contributed by atoms with Crippen molar-refractivity contribution in [3.63, 3.8) is 0 Å². The largest absolute Gasteiger partial charge is 0.465 e. The molecule has 3 saturated heterocycles. The number of nitrogens with one attached hydrogen (secondary N) is 1. The molecule has 0 aromatic heterocycles. The highest BCUT2D eigenvalue weighted by Crippen LogP contribution is 2.45. The standard InChI is InChI=1S/C24H31N3O3/c1-30-23(28)16-7-9-20(10-8-16)25-24(29)27-12-4-5-17-13-18-14-19(22(17)27)15-26-11-3-2-6-21(18)26/h7-10,13,18-19,21-22H,2-6,11-12,14-15H2,1H3,(H,25,29)/t18-,19-,21-,22+/m0/s1. The molecule has 1 aromatic rings. The number of fused-ring (bicyclic) bond motifs is 6. The second-order valence-electron chi connectivity index (χ2n) is 9.20. The van der Waals surface area contributed by atoms with Crippen molar-refractivity contribution in [2.24, 2.45) is 11.8 Å². The maximum atomic E-state index is 13.2. The van der Waals surface area contributed by atoms with E-state index in [1.54, 1.807) is 24.3 Å². The third kappa shape index (κ3) is 3.51. The van der Waals surface area contributed by atoms with Crippen LogP contribution < -0.4 is 5.32 Å². The van der Waals surface area contributed by atoms with Crippen LogP contribution in [-0.2, 0) is 4.74 Å². The molecule has 4 atom stereocenters. The summed E-state index contributed by atoms with van der Waals surface area (Å²) in [4.78, 5) is 29.6. The minimum absolute atomic E-state index is 0.0318. The van der Waals surface area contributed by atoms with E-state index in [1.807, 2.05) is 0 Å². The zero-order valence-electron chi connectivity index (χ0n) is 17.7. The fraction of sp³-hybridized carbons (Fsp3) is 0.583. The van der Waals surface area contributed by atoms with Gasteiger partial charge in [-0.05, 0) is 74.8 Å². The third-order valence-electron chi connectivity index (χ3n) is 7.48. The molecule has 30 heavy (non-hydrogen) atoms. The predicted molar refractivity (Wildman–Crippen MR) is 115 cm³/mol. The summed E-state index contributed by atoms with van der Waals surface area (Å²) < 4.78 is 4.74. The van der Waals surface area contributed by atoms with Gasteiger partial charge in [-0.3, -0.25) is 4.90 Å². The molecule has 5 rings (SSSR count). The summed E-state index contributed by atoms with van der Waals surface area (Å²) in [6.07, 6.45) is 9.91. The first-order chi connectivity index (χ1) is 14.6. The van der Waals surface area contributed by atoms with Gasteiger partial charge in [0.2, 0.25) is 0 Å². The SMILES string of the molecule is COC(=O)c1ccc(NC(=O)N2CCCC3=C[C@H]4C[C@@H](CN5CCCC[C@@H]45)[C@@H]32)cc1. The summed E-state index contributed by atoms with van der Waals surface area (Å²) in [7, 11) is 1.37. The van der Waals surface area contributed by atoms with Gasteiger partial charge < -0.3 is 15.0 Å². The van der Waals surface area contributed by atoms with Crippen molar-refractivity contribution < 1.29 is 14.3 Å². The van der Waals surface area contributed by atoms with Crippen LogP contribution in [0.1, 0.15) is 48.9 Å². The van der Waals surface area contributed by atoms with Gasteiger partial charge in [0.15, 0.2) is 0 Å². The van der Waals surface area contributed by atoms with Crippen molar-refractivity contribution in [2.75, 3.05) is 32.1 Å². The third-order valence-corrected chi connectivity index (χ3v) is 7.48. The molecule has 0 unspecified atom stereocenters. The number of nitrogens with zero attached hydrogens (tertiary/aromatic N) is 2. The molecule has 0 radical (unpaired) electrons. The lowest BCUT2D eigenvalue weighted by molar-refractivity contribution is 0.00908. The summed E-state index contributed by atoms with van der Waals surface area (Å²) in [5.74, 6) is 0.838. The van der Waals surface area contributed by atoms with Crippen molar-refractivity contribution in [1.82, 2.24) is 9.80 Å². The van der Waals surface area contributed by atoms with Gasteiger partial charge in [0.25, 0.3) is 0 Å². The second-order valence-corrected chi connectivity index (χ2v) is 9.20. The molecule has 3 heterocycles. The van der Waals surface area contributed by atoms with Crippen molar-refractivity contribution in [3.8, 4) is 0 Å². The van der Waals surface area contributed by atoms with E-state index in [1.165, 1.54) is 44.9 Å².